The van der Waals surface area contributed by atoms with Crippen molar-refractivity contribution in [1.29, 1.82) is 0 Å². The van der Waals surface area contributed by atoms with Gasteiger partial charge in [-0.05, 0) is 24.7 Å². The molecule has 0 bridgehead atoms. The predicted molar refractivity (Wildman–Crippen MR) is 91.3 cm³/mol. The summed E-state index contributed by atoms with van der Waals surface area (Å²) in [7, 11) is 3.77. The van der Waals surface area contributed by atoms with Gasteiger partial charge in [0.25, 0.3) is 0 Å². The summed E-state index contributed by atoms with van der Waals surface area (Å²) in [5.74, 6) is 0. The second kappa shape index (κ2) is 8.56. The Morgan fingerprint density at radius 1 is 1.38 bits per heavy atom. The highest BCUT2D eigenvalue weighted by molar-refractivity contribution is 7.15. The molecule has 1 unspecified atom stereocenters. The fourth-order valence-electron chi connectivity index (χ4n) is 2.07. The molecule has 0 fully saturated rings. The van der Waals surface area contributed by atoms with Gasteiger partial charge in [-0.25, -0.2) is 4.98 Å². The molecule has 0 aliphatic carbocycles. The minimum absolute atomic E-state index is 0. The number of nitrogen functional groups attached to an aromatic ring is 1. The number of thiazole rings is 1. The minimum atomic E-state index is 0. The summed E-state index contributed by atoms with van der Waals surface area (Å²) >= 11 is 7.45. The second-order valence-electron chi connectivity index (χ2n) is 4.60. The summed E-state index contributed by atoms with van der Waals surface area (Å²) in [4.78, 5) is 7.44. The lowest BCUT2D eigenvalue weighted by molar-refractivity contribution is 0.103. The van der Waals surface area contributed by atoms with Gasteiger partial charge in [-0.15, -0.1) is 23.7 Å². The van der Waals surface area contributed by atoms with E-state index in [-0.39, 0.29) is 18.4 Å². The van der Waals surface area contributed by atoms with Crippen molar-refractivity contribution in [1.82, 2.24) is 9.88 Å². The van der Waals surface area contributed by atoms with E-state index in [1.807, 2.05) is 30.5 Å². The zero-order chi connectivity index (χ0) is 14.5. The summed E-state index contributed by atoms with van der Waals surface area (Å²) in [5.41, 5.74) is 6.84. The van der Waals surface area contributed by atoms with Crippen LogP contribution >= 0.6 is 35.3 Å². The number of ether oxygens (including phenoxy) is 1. The van der Waals surface area contributed by atoms with Crippen LogP contribution in [0.3, 0.4) is 0 Å². The fraction of sp³-hybridized carbons (Fsp3) is 0.357. The van der Waals surface area contributed by atoms with Gasteiger partial charge in [0.15, 0.2) is 5.13 Å². The number of benzene rings is 1. The lowest BCUT2D eigenvalue weighted by Gasteiger charge is -2.27. The third kappa shape index (κ3) is 5.13. The molecule has 2 rings (SSSR count). The number of rotatable bonds is 6. The first-order valence-corrected chi connectivity index (χ1v) is 7.44. The Labute approximate surface area is 140 Å². The monoisotopic (exact) mass is 347 g/mol. The maximum Gasteiger partial charge on any atom is 0.180 e. The number of aromatic nitrogens is 1. The highest BCUT2D eigenvalue weighted by Crippen LogP contribution is 2.25. The van der Waals surface area contributed by atoms with Crippen LogP contribution in [-0.2, 0) is 11.3 Å². The molecule has 2 N–H and O–H groups in total. The molecule has 0 amide bonds. The van der Waals surface area contributed by atoms with Gasteiger partial charge in [0.2, 0.25) is 0 Å². The third-order valence-electron chi connectivity index (χ3n) is 3.09. The van der Waals surface area contributed by atoms with E-state index in [9.17, 15) is 0 Å². The summed E-state index contributed by atoms with van der Waals surface area (Å²) in [6.45, 7) is 1.40. The van der Waals surface area contributed by atoms with Crippen molar-refractivity contribution < 1.29 is 4.74 Å². The zero-order valence-electron chi connectivity index (χ0n) is 12.0. The van der Waals surface area contributed by atoms with E-state index in [0.29, 0.717) is 11.7 Å². The molecule has 0 spiro atoms. The van der Waals surface area contributed by atoms with Crippen molar-refractivity contribution in [3.63, 3.8) is 0 Å². The molecule has 7 heteroatoms. The SMILES string of the molecule is COCC(c1ccc(Cl)cc1)N(C)Cc1cnc(N)s1.Cl. The van der Waals surface area contributed by atoms with Gasteiger partial charge < -0.3 is 10.5 Å². The number of methoxy groups -OCH3 is 1. The summed E-state index contributed by atoms with van der Waals surface area (Å²) in [5, 5.41) is 1.34. The van der Waals surface area contributed by atoms with E-state index >= 15 is 0 Å². The van der Waals surface area contributed by atoms with E-state index < -0.39 is 0 Å². The lowest BCUT2D eigenvalue weighted by atomic mass is 10.1. The fourth-order valence-corrected chi connectivity index (χ4v) is 2.95. The van der Waals surface area contributed by atoms with Crippen molar-refractivity contribution in [2.75, 3.05) is 26.5 Å². The van der Waals surface area contributed by atoms with Crippen LogP contribution in [0.1, 0.15) is 16.5 Å². The van der Waals surface area contributed by atoms with E-state index in [0.717, 1.165) is 16.4 Å². The molecule has 1 aromatic heterocycles. The average Bonchev–Trinajstić information content (AvgIpc) is 2.82. The van der Waals surface area contributed by atoms with E-state index in [4.69, 9.17) is 22.1 Å². The lowest BCUT2D eigenvalue weighted by Crippen LogP contribution is -2.27. The first kappa shape index (κ1) is 18.2. The quantitative estimate of drug-likeness (QED) is 0.866. The topological polar surface area (TPSA) is 51.4 Å². The summed E-state index contributed by atoms with van der Waals surface area (Å²) in [6, 6.07) is 8.03. The molecule has 0 radical (unpaired) electrons. The maximum atomic E-state index is 5.94. The number of likely N-dealkylation sites (N-methyl/N-ethyl adjacent to an activating group) is 1. The standard InChI is InChI=1S/C14H18ClN3OS.ClH/c1-18(8-12-7-17-14(16)20-12)13(9-19-2)10-3-5-11(15)6-4-10;/h3-7,13H,8-9H2,1-2H3,(H2,16,17);1H. The molecule has 0 aliphatic rings. The molecule has 0 saturated heterocycles. The van der Waals surface area contributed by atoms with Crippen molar-refractivity contribution in [2.24, 2.45) is 0 Å². The Morgan fingerprint density at radius 2 is 2.05 bits per heavy atom. The van der Waals surface area contributed by atoms with Crippen LogP contribution in [0.4, 0.5) is 5.13 Å². The number of hydrogen-bond donors (Lipinski definition) is 1. The molecule has 116 valence electrons. The van der Waals surface area contributed by atoms with Crippen LogP contribution < -0.4 is 5.73 Å². The molecular formula is C14H19Cl2N3OS. The second-order valence-corrected chi connectivity index (χ2v) is 6.19. The highest BCUT2D eigenvalue weighted by atomic mass is 35.5. The molecule has 1 heterocycles. The predicted octanol–water partition coefficient (Wildman–Crippen LogP) is 3.62. The molecular weight excluding hydrogens is 329 g/mol. The van der Waals surface area contributed by atoms with Crippen molar-refractivity contribution >= 4 is 40.5 Å². The highest BCUT2D eigenvalue weighted by Gasteiger charge is 2.18. The van der Waals surface area contributed by atoms with Gasteiger partial charge in [-0.2, -0.15) is 0 Å². The van der Waals surface area contributed by atoms with Crippen LogP contribution in [0, 0.1) is 0 Å². The van der Waals surface area contributed by atoms with Crippen molar-refractivity contribution in [3.05, 3.63) is 45.9 Å². The van der Waals surface area contributed by atoms with Crippen molar-refractivity contribution in [2.45, 2.75) is 12.6 Å². The third-order valence-corrected chi connectivity index (χ3v) is 4.15. The normalized spacial score (nSPS) is 12.2. The maximum absolute atomic E-state index is 5.94. The van der Waals surface area contributed by atoms with E-state index in [1.165, 1.54) is 16.9 Å². The molecule has 0 aliphatic heterocycles. The molecule has 0 saturated carbocycles. The number of nitrogens with two attached hydrogens (primary N) is 1. The van der Waals surface area contributed by atoms with Crippen LogP contribution in [0.15, 0.2) is 30.5 Å². The first-order chi connectivity index (χ1) is 9.60. The largest absolute Gasteiger partial charge is 0.383 e. The Hall–Kier alpha value is -0.850. The van der Waals surface area contributed by atoms with Crippen LogP contribution in [-0.4, -0.2) is 30.6 Å². The number of nitrogens with zero attached hydrogens (tertiary/aromatic N) is 2. The van der Waals surface area contributed by atoms with E-state index in [1.54, 1.807) is 7.11 Å². The van der Waals surface area contributed by atoms with Crippen molar-refractivity contribution in [3.8, 4) is 0 Å². The number of anilines is 1. The van der Waals surface area contributed by atoms with Crippen LogP contribution in [0.25, 0.3) is 0 Å². The molecule has 1 atom stereocenters. The van der Waals surface area contributed by atoms with Gasteiger partial charge in [0, 0.05) is 29.8 Å². The summed E-state index contributed by atoms with van der Waals surface area (Å²) < 4.78 is 5.34. The zero-order valence-corrected chi connectivity index (χ0v) is 14.3. The first-order valence-electron chi connectivity index (χ1n) is 6.25. The smallest absolute Gasteiger partial charge is 0.180 e. The molecule has 4 nitrogen and oxygen atoms in total. The molecule has 1 aromatic carbocycles. The van der Waals surface area contributed by atoms with Gasteiger partial charge in [-0.1, -0.05) is 23.7 Å². The Bertz CT molecular complexity index is 547. The van der Waals surface area contributed by atoms with Gasteiger partial charge >= 0.3 is 0 Å². The van der Waals surface area contributed by atoms with Gasteiger partial charge in [-0.3, -0.25) is 4.90 Å². The van der Waals surface area contributed by atoms with Crippen LogP contribution in [0.5, 0.6) is 0 Å². The molecule has 21 heavy (non-hydrogen) atoms. The average molecular weight is 348 g/mol. The Morgan fingerprint density at radius 3 is 2.57 bits per heavy atom. The van der Waals surface area contributed by atoms with Crippen LogP contribution in [0.2, 0.25) is 5.02 Å². The number of halogens is 2. The minimum Gasteiger partial charge on any atom is -0.383 e. The molecule has 2 aromatic rings. The van der Waals surface area contributed by atoms with Gasteiger partial charge in [0.1, 0.15) is 0 Å². The Kier molecular flexibility index (Phi) is 7.42. The van der Waals surface area contributed by atoms with E-state index in [2.05, 4.69) is 16.9 Å². The Balaban J connectivity index is 0.00000220. The number of hydrogen-bond acceptors (Lipinski definition) is 5. The van der Waals surface area contributed by atoms with Gasteiger partial charge in [0.05, 0.1) is 12.6 Å². The summed E-state index contributed by atoms with van der Waals surface area (Å²) in [6.07, 6.45) is 1.82.